The Bertz CT molecular complexity index is 579. The molecule has 3 rings (SSSR count). The Morgan fingerprint density at radius 1 is 1.00 bits per heavy atom. The molecule has 0 spiro atoms. The third-order valence-corrected chi connectivity index (χ3v) is 4.71. The smallest absolute Gasteiger partial charge is 0.0450 e. The number of hydrogen-bond donors (Lipinski definition) is 1. The molecule has 1 aliphatic rings. The van der Waals surface area contributed by atoms with Gasteiger partial charge in [-0.3, -0.25) is 4.90 Å². The van der Waals surface area contributed by atoms with Gasteiger partial charge in [0.25, 0.3) is 0 Å². The van der Waals surface area contributed by atoms with Gasteiger partial charge >= 0.3 is 0 Å². The van der Waals surface area contributed by atoms with Gasteiger partial charge in [-0.1, -0.05) is 74.5 Å². The molecule has 0 aliphatic carbocycles. The maximum Gasteiger partial charge on any atom is 0.0450 e. The fourth-order valence-electron chi connectivity index (χ4n) is 3.55. The van der Waals surface area contributed by atoms with Crippen molar-refractivity contribution in [2.75, 3.05) is 13.1 Å². The largest absolute Gasteiger partial charge is 0.307 e. The maximum absolute atomic E-state index is 3.76. The Hall–Kier alpha value is -1.64. The predicted molar refractivity (Wildman–Crippen MR) is 97.3 cm³/mol. The van der Waals surface area contributed by atoms with E-state index in [0.29, 0.717) is 12.1 Å². The van der Waals surface area contributed by atoms with E-state index >= 15 is 0 Å². The Kier molecular flexibility index (Phi) is 5.47. The van der Waals surface area contributed by atoms with E-state index in [1.54, 1.807) is 0 Å². The molecule has 0 saturated carbocycles. The predicted octanol–water partition coefficient (Wildman–Crippen LogP) is 4.25. The zero-order valence-corrected chi connectivity index (χ0v) is 14.3. The van der Waals surface area contributed by atoms with Gasteiger partial charge in [-0.05, 0) is 23.5 Å². The van der Waals surface area contributed by atoms with Gasteiger partial charge in [0.15, 0.2) is 0 Å². The Morgan fingerprint density at radius 2 is 1.65 bits per heavy atom. The van der Waals surface area contributed by atoms with Crippen LogP contribution in [-0.4, -0.2) is 24.0 Å². The summed E-state index contributed by atoms with van der Waals surface area (Å²) in [6.07, 6.45) is 1.25. The molecule has 2 aromatic rings. The van der Waals surface area contributed by atoms with Crippen LogP contribution in [-0.2, 0) is 6.54 Å². The lowest BCUT2D eigenvalue weighted by Crippen LogP contribution is -2.52. The van der Waals surface area contributed by atoms with Crippen molar-refractivity contribution in [3.8, 4) is 0 Å². The van der Waals surface area contributed by atoms with Gasteiger partial charge in [0.2, 0.25) is 0 Å². The summed E-state index contributed by atoms with van der Waals surface area (Å²) in [7, 11) is 0. The molecule has 1 N–H and O–H groups in total. The first-order valence-electron chi connectivity index (χ1n) is 8.78. The van der Waals surface area contributed by atoms with Crippen LogP contribution in [0.3, 0.4) is 0 Å². The number of nitrogens with zero attached hydrogens (tertiary/aromatic N) is 1. The van der Waals surface area contributed by atoms with E-state index in [1.807, 2.05) is 0 Å². The average Bonchev–Trinajstić information content (AvgIpc) is 2.58. The summed E-state index contributed by atoms with van der Waals surface area (Å²) in [6, 6.07) is 22.8. The molecule has 2 atom stereocenters. The summed E-state index contributed by atoms with van der Waals surface area (Å²) in [6.45, 7) is 7.85. The lowest BCUT2D eigenvalue weighted by Gasteiger charge is -2.41. The third-order valence-electron chi connectivity index (χ3n) is 4.71. The van der Waals surface area contributed by atoms with E-state index in [0.717, 1.165) is 25.6 Å². The summed E-state index contributed by atoms with van der Waals surface area (Å²) in [5.41, 5.74) is 2.81. The van der Waals surface area contributed by atoms with Crippen molar-refractivity contribution in [3.63, 3.8) is 0 Å². The van der Waals surface area contributed by atoms with Crippen molar-refractivity contribution in [1.82, 2.24) is 10.2 Å². The molecular weight excluding hydrogens is 280 g/mol. The van der Waals surface area contributed by atoms with Gasteiger partial charge < -0.3 is 5.32 Å². The van der Waals surface area contributed by atoms with Crippen LogP contribution in [0.4, 0.5) is 0 Å². The van der Waals surface area contributed by atoms with Gasteiger partial charge in [0.05, 0.1) is 0 Å². The molecule has 0 bridgehead atoms. The highest BCUT2D eigenvalue weighted by atomic mass is 15.2. The summed E-state index contributed by atoms with van der Waals surface area (Å²) in [5.74, 6) is 0.730. The van der Waals surface area contributed by atoms with Crippen LogP contribution in [0.5, 0.6) is 0 Å². The van der Waals surface area contributed by atoms with Gasteiger partial charge in [0.1, 0.15) is 0 Å². The molecule has 1 aliphatic heterocycles. The summed E-state index contributed by atoms with van der Waals surface area (Å²) in [5, 5.41) is 3.76. The van der Waals surface area contributed by atoms with E-state index < -0.39 is 0 Å². The van der Waals surface area contributed by atoms with Crippen LogP contribution in [0.1, 0.15) is 37.4 Å². The summed E-state index contributed by atoms with van der Waals surface area (Å²) in [4.78, 5) is 2.67. The minimum absolute atomic E-state index is 0.434. The van der Waals surface area contributed by atoms with Crippen LogP contribution >= 0.6 is 0 Å². The molecule has 23 heavy (non-hydrogen) atoms. The molecule has 1 fully saturated rings. The molecule has 1 saturated heterocycles. The van der Waals surface area contributed by atoms with Crippen molar-refractivity contribution < 1.29 is 0 Å². The first kappa shape index (κ1) is 16.2. The summed E-state index contributed by atoms with van der Waals surface area (Å²) < 4.78 is 0. The molecule has 0 aromatic heterocycles. The summed E-state index contributed by atoms with van der Waals surface area (Å²) >= 11 is 0. The van der Waals surface area contributed by atoms with Gasteiger partial charge in [-0.25, -0.2) is 0 Å². The fourth-order valence-corrected chi connectivity index (χ4v) is 3.55. The second kappa shape index (κ2) is 7.76. The molecule has 0 amide bonds. The fraction of sp³-hybridized carbons (Fsp3) is 0.429. The molecule has 122 valence electrons. The lowest BCUT2D eigenvalue weighted by atomic mass is 9.96. The molecule has 2 nitrogen and oxygen atoms in total. The number of rotatable bonds is 5. The number of hydrogen-bond acceptors (Lipinski definition) is 2. The molecule has 2 aromatic carbocycles. The van der Waals surface area contributed by atoms with Crippen molar-refractivity contribution in [2.24, 2.45) is 5.92 Å². The molecule has 2 unspecified atom stereocenters. The lowest BCUT2D eigenvalue weighted by molar-refractivity contribution is 0.106. The number of benzene rings is 2. The van der Waals surface area contributed by atoms with E-state index in [-0.39, 0.29) is 0 Å². The molecule has 0 radical (unpaired) electrons. The van der Waals surface area contributed by atoms with Crippen LogP contribution in [0.15, 0.2) is 60.7 Å². The van der Waals surface area contributed by atoms with Crippen LogP contribution < -0.4 is 5.32 Å². The SMILES string of the molecule is CC(C)CC1CNC(c2ccccc2)CN1Cc1ccccc1. The van der Waals surface area contributed by atoms with E-state index in [9.17, 15) is 0 Å². The molecule has 2 heteroatoms. The van der Waals surface area contributed by atoms with Crippen molar-refractivity contribution in [3.05, 3.63) is 71.8 Å². The first-order chi connectivity index (χ1) is 11.2. The van der Waals surface area contributed by atoms with E-state index in [1.165, 1.54) is 17.5 Å². The highest BCUT2D eigenvalue weighted by molar-refractivity contribution is 5.21. The normalized spacial score (nSPS) is 22.4. The maximum atomic E-state index is 3.76. The van der Waals surface area contributed by atoms with Crippen LogP contribution in [0, 0.1) is 5.92 Å². The van der Waals surface area contributed by atoms with Gasteiger partial charge in [-0.15, -0.1) is 0 Å². The van der Waals surface area contributed by atoms with Crippen LogP contribution in [0.25, 0.3) is 0 Å². The van der Waals surface area contributed by atoms with E-state index in [4.69, 9.17) is 0 Å². The highest BCUT2D eigenvalue weighted by Gasteiger charge is 2.28. The number of nitrogens with one attached hydrogen (secondary N) is 1. The molecule has 1 heterocycles. The van der Waals surface area contributed by atoms with E-state index in [2.05, 4.69) is 84.7 Å². The Labute approximate surface area is 140 Å². The molecular formula is C21H28N2. The minimum Gasteiger partial charge on any atom is -0.307 e. The minimum atomic E-state index is 0.434. The second-order valence-electron chi connectivity index (χ2n) is 7.07. The highest BCUT2D eigenvalue weighted by Crippen LogP contribution is 2.24. The topological polar surface area (TPSA) is 15.3 Å². The zero-order valence-electron chi connectivity index (χ0n) is 14.3. The van der Waals surface area contributed by atoms with Crippen molar-refractivity contribution in [1.29, 1.82) is 0 Å². The van der Waals surface area contributed by atoms with Gasteiger partial charge in [0, 0.05) is 31.7 Å². The van der Waals surface area contributed by atoms with Crippen molar-refractivity contribution >= 4 is 0 Å². The van der Waals surface area contributed by atoms with Crippen molar-refractivity contribution in [2.45, 2.75) is 38.9 Å². The van der Waals surface area contributed by atoms with Gasteiger partial charge in [-0.2, -0.15) is 0 Å². The monoisotopic (exact) mass is 308 g/mol. The average molecular weight is 308 g/mol. The number of piperazine rings is 1. The van der Waals surface area contributed by atoms with Crippen LogP contribution in [0.2, 0.25) is 0 Å². The Balaban J connectivity index is 1.74. The third kappa shape index (κ3) is 4.43. The Morgan fingerprint density at radius 3 is 2.30 bits per heavy atom. The first-order valence-corrected chi connectivity index (χ1v) is 8.78. The zero-order chi connectivity index (χ0) is 16.1. The second-order valence-corrected chi connectivity index (χ2v) is 7.07. The standard InChI is InChI=1S/C21H28N2/c1-17(2)13-20-14-22-21(19-11-7-4-8-12-19)16-23(20)15-18-9-5-3-6-10-18/h3-12,17,20-22H,13-16H2,1-2H3. The quantitative estimate of drug-likeness (QED) is 0.888.